The maximum atomic E-state index is 13.0. The fraction of sp³-hybridized carbons (Fsp3) is 0.176. The van der Waals surface area contributed by atoms with E-state index in [0.29, 0.717) is 16.9 Å². The molecule has 0 bridgehead atoms. The highest BCUT2D eigenvalue weighted by Crippen LogP contribution is 2.29. The van der Waals surface area contributed by atoms with Crippen molar-refractivity contribution < 1.29 is 13.2 Å². The van der Waals surface area contributed by atoms with Crippen molar-refractivity contribution in [3.05, 3.63) is 58.9 Å². The Balaban J connectivity index is 1.56. The lowest BCUT2D eigenvalue weighted by molar-refractivity contribution is -0.146. The maximum Gasteiger partial charge on any atom is 0.453 e. The van der Waals surface area contributed by atoms with Gasteiger partial charge < -0.3 is 5.32 Å². The number of rotatable bonds is 4. The highest BCUT2D eigenvalue weighted by Gasteiger charge is 2.37. The maximum absolute atomic E-state index is 13.0. The van der Waals surface area contributed by atoms with Crippen LogP contribution in [0.3, 0.4) is 0 Å². The topological polar surface area (TPSA) is 68.0 Å². The summed E-state index contributed by atoms with van der Waals surface area (Å²) < 4.78 is 39.6. The zero-order chi connectivity index (χ0) is 19.0. The van der Waals surface area contributed by atoms with Gasteiger partial charge in [0.1, 0.15) is 10.8 Å². The van der Waals surface area contributed by atoms with Crippen LogP contribution >= 0.6 is 11.3 Å². The van der Waals surface area contributed by atoms with Gasteiger partial charge in [0.25, 0.3) is 5.82 Å². The third-order valence-electron chi connectivity index (χ3n) is 3.86. The molecule has 3 heterocycles. The molecule has 1 N–H and O–H groups in total. The molecular formula is C17H13F3N6S. The Morgan fingerprint density at radius 2 is 1.85 bits per heavy atom. The van der Waals surface area contributed by atoms with Gasteiger partial charge in [0.05, 0.1) is 12.2 Å². The van der Waals surface area contributed by atoms with Gasteiger partial charge in [-0.25, -0.2) is 4.98 Å². The first kappa shape index (κ1) is 17.4. The van der Waals surface area contributed by atoms with Gasteiger partial charge in [-0.3, -0.25) is 0 Å². The van der Waals surface area contributed by atoms with Gasteiger partial charge in [-0.05, 0) is 19.1 Å². The van der Waals surface area contributed by atoms with Crippen LogP contribution in [0.15, 0.2) is 42.5 Å². The molecule has 0 radical (unpaired) electrons. The number of thiazole rings is 1. The van der Waals surface area contributed by atoms with Crippen LogP contribution in [-0.4, -0.2) is 24.8 Å². The largest absolute Gasteiger partial charge is 0.453 e. The molecule has 0 saturated heterocycles. The summed E-state index contributed by atoms with van der Waals surface area (Å²) in [5.41, 5.74) is 1.93. The van der Waals surface area contributed by atoms with Crippen molar-refractivity contribution in [2.45, 2.75) is 19.6 Å². The van der Waals surface area contributed by atoms with Crippen molar-refractivity contribution in [2.24, 2.45) is 0 Å². The van der Waals surface area contributed by atoms with E-state index in [-0.39, 0.29) is 5.65 Å². The molecule has 0 aliphatic heterocycles. The SMILES string of the molecule is Cc1nc(-c2ccccc2)sc1CNc1ccc2nnc(C(F)(F)F)n2n1. The van der Waals surface area contributed by atoms with Crippen molar-refractivity contribution in [1.29, 1.82) is 0 Å². The van der Waals surface area contributed by atoms with Crippen molar-refractivity contribution in [3.8, 4) is 10.6 Å². The lowest BCUT2D eigenvalue weighted by Crippen LogP contribution is -2.13. The normalized spacial score (nSPS) is 11.9. The van der Waals surface area contributed by atoms with E-state index in [0.717, 1.165) is 21.1 Å². The summed E-state index contributed by atoms with van der Waals surface area (Å²) in [5.74, 6) is -0.858. The van der Waals surface area contributed by atoms with E-state index < -0.39 is 12.0 Å². The minimum absolute atomic E-state index is 0.0354. The zero-order valence-corrected chi connectivity index (χ0v) is 14.8. The zero-order valence-electron chi connectivity index (χ0n) is 14.0. The van der Waals surface area contributed by atoms with Crippen LogP contribution in [0.1, 0.15) is 16.4 Å². The number of hydrogen-bond donors (Lipinski definition) is 1. The molecule has 0 amide bonds. The molecule has 0 saturated carbocycles. The lowest BCUT2D eigenvalue weighted by atomic mass is 10.2. The Morgan fingerprint density at radius 1 is 1.07 bits per heavy atom. The van der Waals surface area contributed by atoms with E-state index in [2.05, 4.69) is 25.6 Å². The molecule has 3 aromatic heterocycles. The van der Waals surface area contributed by atoms with Crippen molar-refractivity contribution in [1.82, 2.24) is 24.8 Å². The van der Waals surface area contributed by atoms with Crippen LogP contribution in [0.25, 0.3) is 16.2 Å². The fourth-order valence-corrected chi connectivity index (χ4v) is 3.53. The van der Waals surface area contributed by atoms with Gasteiger partial charge in [-0.15, -0.1) is 26.6 Å². The molecule has 27 heavy (non-hydrogen) atoms. The standard InChI is InChI=1S/C17H13F3N6S/c1-10-12(27-15(22-10)11-5-3-2-4-6-11)9-21-13-7-8-14-23-24-16(17(18,19)20)26(14)25-13/h2-8H,9H2,1H3,(H,21,25). The average Bonchev–Trinajstić information content (AvgIpc) is 3.23. The predicted molar refractivity (Wildman–Crippen MR) is 95.4 cm³/mol. The van der Waals surface area contributed by atoms with Gasteiger partial charge in [-0.2, -0.15) is 17.7 Å². The molecule has 0 unspecified atom stereocenters. The quantitative estimate of drug-likeness (QED) is 0.566. The number of aryl methyl sites for hydroxylation is 1. The van der Waals surface area contributed by atoms with Gasteiger partial charge in [0.15, 0.2) is 5.65 Å². The molecule has 4 rings (SSSR count). The predicted octanol–water partition coefficient (Wildman–Crippen LogP) is 4.19. The van der Waals surface area contributed by atoms with Crippen LogP contribution in [0.4, 0.5) is 19.0 Å². The van der Waals surface area contributed by atoms with Gasteiger partial charge >= 0.3 is 6.18 Å². The van der Waals surface area contributed by atoms with Crippen LogP contribution in [0.2, 0.25) is 0 Å². The molecule has 4 aromatic rings. The number of fused-ring (bicyclic) bond motifs is 1. The van der Waals surface area contributed by atoms with Crippen LogP contribution in [-0.2, 0) is 12.7 Å². The summed E-state index contributed by atoms with van der Waals surface area (Å²) >= 11 is 1.53. The number of nitrogens with zero attached hydrogens (tertiary/aromatic N) is 5. The van der Waals surface area contributed by atoms with Crippen LogP contribution in [0.5, 0.6) is 0 Å². The number of hydrogen-bond acceptors (Lipinski definition) is 6. The van der Waals surface area contributed by atoms with E-state index in [1.165, 1.54) is 17.4 Å². The van der Waals surface area contributed by atoms with Crippen LogP contribution in [0, 0.1) is 6.92 Å². The minimum atomic E-state index is -4.62. The second-order valence-electron chi connectivity index (χ2n) is 5.76. The Hall–Kier alpha value is -3.01. The molecule has 138 valence electrons. The van der Waals surface area contributed by atoms with E-state index in [1.54, 1.807) is 6.07 Å². The first-order valence-electron chi connectivity index (χ1n) is 7.97. The third kappa shape index (κ3) is 3.47. The molecule has 0 aliphatic carbocycles. The summed E-state index contributed by atoms with van der Waals surface area (Å²) in [6.07, 6.45) is -4.62. The summed E-state index contributed by atoms with van der Waals surface area (Å²) in [5, 5.41) is 14.6. The molecule has 0 aliphatic rings. The Bertz CT molecular complexity index is 1090. The first-order chi connectivity index (χ1) is 12.9. The summed E-state index contributed by atoms with van der Waals surface area (Å²) in [7, 11) is 0. The summed E-state index contributed by atoms with van der Waals surface area (Å²) in [6.45, 7) is 2.30. The molecule has 0 atom stereocenters. The van der Waals surface area contributed by atoms with E-state index >= 15 is 0 Å². The van der Waals surface area contributed by atoms with Crippen molar-refractivity contribution in [2.75, 3.05) is 5.32 Å². The Labute approximate surface area is 155 Å². The first-order valence-corrected chi connectivity index (χ1v) is 8.79. The van der Waals surface area contributed by atoms with Crippen molar-refractivity contribution in [3.63, 3.8) is 0 Å². The second kappa shape index (κ2) is 6.62. The van der Waals surface area contributed by atoms with E-state index in [4.69, 9.17) is 0 Å². The molecule has 0 spiro atoms. The summed E-state index contributed by atoms with van der Waals surface area (Å²) in [6, 6.07) is 12.8. The third-order valence-corrected chi connectivity index (χ3v) is 5.07. The van der Waals surface area contributed by atoms with Gasteiger partial charge in [-0.1, -0.05) is 30.3 Å². The van der Waals surface area contributed by atoms with E-state index in [1.807, 2.05) is 37.3 Å². The monoisotopic (exact) mass is 390 g/mol. The average molecular weight is 390 g/mol. The number of benzene rings is 1. The molecule has 1 aromatic carbocycles. The van der Waals surface area contributed by atoms with E-state index in [9.17, 15) is 13.2 Å². The Morgan fingerprint density at radius 3 is 2.59 bits per heavy atom. The smallest absolute Gasteiger partial charge is 0.364 e. The number of aromatic nitrogens is 5. The highest BCUT2D eigenvalue weighted by molar-refractivity contribution is 7.15. The van der Waals surface area contributed by atoms with Crippen LogP contribution < -0.4 is 5.32 Å². The number of nitrogens with one attached hydrogen (secondary N) is 1. The van der Waals surface area contributed by atoms with Crippen molar-refractivity contribution >= 4 is 22.8 Å². The lowest BCUT2D eigenvalue weighted by Gasteiger charge is -2.06. The van der Waals surface area contributed by atoms with Gasteiger partial charge in [0, 0.05) is 10.4 Å². The number of anilines is 1. The Kier molecular flexibility index (Phi) is 4.27. The number of alkyl halides is 3. The summed E-state index contributed by atoms with van der Waals surface area (Å²) in [4.78, 5) is 5.55. The molecule has 10 heteroatoms. The number of halogens is 3. The highest BCUT2D eigenvalue weighted by atomic mass is 32.1. The minimum Gasteiger partial charge on any atom is -0.364 e. The van der Waals surface area contributed by atoms with Gasteiger partial charge in [0.2, 0.25) is 0 Å². The fourth-order valence-electron chi connectivity index (χ4n) is 2.53. The molecular weight excluding hydrogens is 377 g/mol. The molecule has 0 fully saturated rings. The second-order valence-corrected chi connectivity index (χ2v) is 6.84. The molecule has 6 nitrogen and oxygen atoms in total.